The Morgan fingerprint density at radius 3 is 2.25 bits per heavy atom. The summed E-state index contributed by atoms with van der Waals surface area (Å²) < 4.78 is 15.4. The van der Waals surface area contributed by atoms with Gasteiger partial charge >= 0.3 is 5.97 Å². The van der Waals surface area contributed by atoms with Crippen molar-refractivity contribution in [2.75, 3.05) is 19.5 Å². The number of esters is 1. The molecule has 2 rings (SSSR count). The van der Waals surface area contributed by atoms with Crippen molar-refractivity contribution in [3.63, 3.8) is 0 Å². The molecule has 0 fully saturated rings. The predicted octanol–water partition coefficient (Wildman–Crippen LogP) is 2.89. The third-order valence-electron chi connectivity index (χ3n) is 3.34. The minimum Gasteiger partial charge on any atom is -0.497 e. The number of ether oxygens (including phenoxy) is 3. The van der Waals surface area contributed by atoms with Gasteiger partial charge in [0.25, 0.3) is 5.91 Å². The third kappa shape index (κ3) is 4.25. The molecule has 1 atom stereocenters. The molecule has 0 aliphatic carbocycles. The smallest absolute Gasteiger partial charge is 0.342 e. The average Bonchev–Trinajstić information content (AvgIpc) is 2.62. The van der Waals surface area contributed by atoms with Gasteiger partial charge in [0.2, 0.25) is 0 Å². The molecule has 0 aromatic heterocycles. The maximum atomic E-state index is 12.2. The molecule has 0 aliphatic heterocycles. The minimum atomic E-state index is -0.954. The molecule has 0 spiro atoms. The molecule has 2 aromatic carbocycles. The lowest BCUT2D eigenvalue weighted by atomic mass is 10.2. The van der Waals surface area contributed by atoms with Crippen molar-refractivity contribution in [2.24, 2.45) is 0 Å². The van der Waals surface area contributed by atoms with Crippen LogP contribution in [-0.4, -0.2) is 32.2 Å². The number of hydrogen-bond donors (Lipinski definition) is 1. The molecule has 2 aromatic rings. The third-order valence-corrected chi connectivity index (χ3v) is 3.34. The first-order chi connectivity index (χ1) is 11.5. The van der Waals surface area contributed by atoms with Gasteiger partial charge in [-0.15, -0.1) is 0 Å². The van der Waals surface area contributed by atoms with E-state index in [9.17, 15) is 9.59 Å². The molecule has 1 N–H and O–H groups in total. The van der Waals surface area contributed by atoms with E-state index in [1.807, 2.05) is 0 Å². The standard InChI is InChI=1S/C18H19NO5/c1-12(17(20)19-13-8-10-14(22-2)11-9-13)24-18(21)15-6-4-5-7-16(15)23-3/h4-12H,1-3H3,(H,19,20). The Bertz CT molecular complexity index is 712. The molecule has 6 nitrogen and oxygen atoms in total. The minimum absolute atomic E-state index is 0.268. The van der Waals surface area contributed by atoms with Gasteiger partial charge in [0.05, 0.1) is 14.2 Å². The molecule has 126 valence electrons. The summed E-state index contributed by atoms with van der Waals surface area (Å²) in [4.78, 5) is 24.3. The molecule has 0 aliphatic rings. The summed E-state index contributed by atoms with van der Waals surface area (Å²) in [5, 5.41) is 2.68. The number of carbonyl (C=O) groups is 2. The fraction of sp³-hybridized carbons (Fsp3) is 0.222. The molecule has 0 saturated heterocycles. The summed E-state index contributed by atoms with van der Waals surface area (Å²) in [6, 6.07) is 13.5. The van der Waals surface area contributed by atoms with Crippen LogP contribution in [0.25, 0.3) is 0 Å². The van der Waals surface area contributed by atoms with Crippen LogP contribution in [0.1, 0.15) is 17.3 Å². The molecular weight excluding hydrogens is 310 g/mol. The van der Waals surface area contributed by atoms with E-state index in [4.69, 9.17) is 14.2 Å². The van der Waals surface area contributed by atoms with Crippen LogP contribution in [0.3, 0.4) is 0 Å². The number of nitrogens with one attached hydrogen (secondary N) is 1. The van der Waals surface area contributed by atoms with Gasteiger partial charge in [-0.05, 0) is 43.3 Å². The number of amides is 1. The Balaban J connectivity index is 1.98. The number of hydrogen-bond acceptors (Lipinski definition) is 5. The van der Waals surface area contributed by atoms with Gasteiger partial charge < -0.3 is 19.5 Å². The second-order valence-corrected chi connectivity index (χ2v) is 4.97. The van der Waals surface area contributed by atoms with Crippen LogP contribution in [0.5, 0.6) is 11.5 Å². The number of carbonyl (C=O) groups excluding carboxylic acids is 2. The van der Waals surface area contributed by atoms with E-state index in [1.54, 1.807) is 55.6 Å². The lowest BCUT2D eigenvalue weighted by Crippen LogP contribution is -2.30. The summed E-state index contributed by atoms with van der Waals surface area (Å²) in [6.45, 7) is 1.51. The van der Waals surface area contributed by atoms with Crippen LogP contribution in [0.2, 0.25) is 0 Å². The Morgan fingerprint density at radius 1 is 0.958 bits per heavy atom. The topological polar surface area (TPSA) is 73.9 Å². The van der Waals surface area contributed by atoms with E-state index in [-0.39, 0.29) is 5.56 Å². The van der Waals surface area contributed by atoms with Crippen molar-refractivity contribution in [3.8, 4) is 11.5 Å². The summed E-state index contributed by atoms with van der Waals surface area (Å²) in [5.41, 5.74) is 0.852. The van der Waals surface area contributed by atoms with Gasteiger partial charge in [-0.2, -0.15) is 0 Å². The lowest BCUT2D eigenvalue weighted by Gasteiger charge is -2.15. The SMILES string of the molecule is COc1ccc(NC(=O)C(C)OC(=O)c2ccccc2OC)cc1. The van der Waals surface area contributed by atoms with Crippen LogP contribution >= 0.6 is 0 Å². The van der Waals surface area contributed by atoms with E-state index in [1.165, 1.54) is 14.0 Å². The Morgan fingerprint density at radius 2 is 1.62 bits per heavy atom. The highest BCUT2D eigenvalue weighted by Crippen LogP contribution is 2.19. The van der Waals surface area contributed by atoms with Crippen LogP contribution in [-0.2, 0) is 9.53 Å². The summed E-state index contributed by atoms with van der Waals surface area (Å²) >= 11 is 0. The highest BCUT2D eigenvalue weighted by Gasteiger charge is 2.21. The lowest BCUT2D eigenvalue weighted by molar-refractivity contribution is -0.123. The second kappa shape index (κ2) is 8.01. The summed E-state index contributed by atoms with van der Waals surface area (Å²) in [7, 11) is 3.03. The molecule has 0 radical (unpaired) electrons. The first-order valence-corrected chi connectivity index (χ1v) is 7.34. The summed E-state index contributed by atoms with van der Waals surface area (Å²) in [5.74, 6) is 0.0298. The number of methoxy groups -OCH3 is 2. The Kier molecular flexibility index (Phi) is 5.78. The van der Waals surface area contributed by atoms with Crippen molar-refractivity contribution in [1.82, 2.24) is 0 Å². The quantitative estimate of drug-likeness (QED) is 0.825. The van der Waals surface area contributed by atoms with Gasteiger partial charge in [-0.3, -0.25) is 4.79 Å². The monoisotopic (exact) mass is 329 g/mol. The van der Waals surface area contributed by atoms with E-state index < -0.39 is 18.0 Å². The first kappa shape index (κ1) is 17.3. The molecule has 1 unspecified atom stereocenters. The summed E-state index contributed by atoms with van der Waals surface area (Å²) in [6.07, 6.45) is -0.954. The fourth-order valence-electron chi connectivity index (χ4n) is 2.01. The van der Waals surface area contributed by atoms with E-state index in [0.29, 0.717) is 17.2 Å². The highest BCUT2D eigenvalue weighted by atomic mass is 16.5. The van der Waals surface area contributed by atoms with Gasteiger partial charge in [0.1, 0.15) is 17.1 Å². The number of para-hydroxylation sites is 1. The zero-order chi connectivity index (χ0) is 17.5. The number of rotatable bonds is 6. The molecule has 0 saturated carbocycles. The van der Waals surface area contributed by atoms with Gasteiger partial charge in [0.15, 0.2) is 6.10 Å². The zero-order valence-electron chi connectivity index (χ0n) is 13.7. The van der Waals surface area contributed by atoms with Crippen molar-refractivity contribution < 1.29 is 23.8 Å². The van der Waals surface area contributed by atoms with Crippen LogP contribution in [0, 0.1) is 0 Å². The Hall–Kier alpha value is -3.02. The van der Waals surface area contributed by atoms with Crippen LogP contribution in [0.15, 0.2) is 48.5 Å². The molecular formula is C18H19NO5. The molecule has 6 heteroatoms. The normalized spacial score (nSPS) is 11.3. The first-order valence-electron chi connectivity index (χ1n) is 7.34. The van der Waals surface area contributed by atoms with Crippen molar-refractivity contribution in [1.29, 1.82) is 0 Å². The maximum absolute atomic E-state index is 12.2. The van der Waals surface area contributed by atoms with Gasteiger partial charge in [-0.25, -0.2) is 4.79 Å². The van der Waals surface area contributed by atoms with Crippen LogP contribution in [0.4, 0.5) is 5.69 Å². The number of benzene rings is 2. The van der Waals surface area contributed by atoms with E-state index >= 15 is 0 Å². The van der Waals surface area contributed by atoms with Gasteiger partial charge in [0, 0.05) is 5.69 Å². The molecule has 0 heterocycles. The number of anilines is 1. The van der Waals surface area contributed by atoms with Gasteiger partial charge in [-0.1, -0.05) is 12.1 Å². The average molecular weight is 329 g/mol. The van der Waals surface area contributed by atoms with E-state index in [2.05, 4.69) is 5.32 Å². The second-order valence-electron chi connectivity index (χ2n) is 4.97. The predicted molar refractivity (Wildman–Crippen MR) is 89.5 cm³/mol. The van der Waals surface area contributed by atoms with Crippen LogP contribution < -0.4 is 14.8 Å². The van der Waals surface area contributed by atoms with Crippen molar-refractivity contribution in [2.45, 2.75) is 13.0 Å². The molecule has 24 heavy (non-hydrogen) atoms. The fourth-order valence-corrected chi connectivity index (χ4v) is 2.01. The largest absolute Gasteiger partial charge is 0.497 e. The maximum Gasteiger partial charge on any atom is 0.342 e. The van der Waals surface area contributed by atoms with E-state index in [0.717, 1.165) is 0 Å². The van der Waals surface area contributed by atoms with Crippen molar-refractivity contribution >= 4 is 17.6 Å². The highest BCUT2D eigenvalue weighted by molar-refractivity contribution is 5.98. The zero-order valence-corrected chi connectivity index (χ0v) is 13.7. The Labute approximate surface area is 140 Å². The van der Waals surface area contributed by atoms with Crippen molar-refractivity contribution in [3.05, 3.63) is 54.1 Å². The molecule has 1 amide bonds. The molecule has 0 bridgehead atoms.